The van der Waals surface area contributed by atoms with E-state index < -0.39 is 0 Å². The second-order valence-corrected chi connectivity index (χ2v) is 5.62. The Kier molecular flexibility index (Phi) is 2.98. The van der Waals surface area contributed by atoms with Crippen molar-refractivity contribution in [1.82, 2.24) is 15.6 Å². The summed E-state index contributed by atoms with van der Waals surface area (Å²) in [6.07, 6.45) is 0. The van der Waals surface area contributed by atoms with Crippen molar-refractivity contribution in [3.8, 4) is 11.3 Å². The maximum absolute atomic E-state index is 12.0. The van der Waals surface area contributed by atoms with Crippen molar-refractivity contribution >= 4 is 16.8 Å². The molecule has 1 aliphatic rings. The Morgan fingerprint density at radius 3 is 2.73 bits per heavy atom. The highest BCUT2D eigenvalue weighted by atomic mass is 16.1. The molecule has 1 aliphatic heterocycles. The minimum absolute atomic E-state index is 0.00742. The molecule has 1 amide bonds. The molecule has 22 heavy (non-hydrogen) atoms. The Hall–Kier alpha value is -2.59. The molecule has 3 aromatic rings. The van der Waals surface area contributed by atoms with Crippen LogP contribution in [0.4, 0.5) is 0 Å². The van der Waals surface area contributed by atoms with Crippen molar-refractivity contribution in [2.75, 3.05) is 7.05 Å². The van der Waals surface area contributed by atoms with Gasteiger partial charge in [0.25, 0.3) is 5.91 Å². The summed E-state index contributed by atoms with van der Waals surface area (Å²) in [7, 11) is 1.94. The van der Waals surface area contributed by atoms with Gasteiger partial charge in [-0.15, -0.1) is 0 Å². The molecule has 110 valence electrons. The van der Waals surface area contributed by atoms with Crippen molar-refractivity contribution in [2.45, 2.75) is 13.1 Å². The number of H-pyrrole nitrogens is 1. The monoisotopic (exact) mass is 291 g/mol. The first-order valence-corrected chi connectivity index (χ1v) is 7.43. The van der Waals surface area contributed by atoms with Crippen LogP contribution in [0, 0.1) is 0 Å². The highest BCUT2D eigenvalue weighted by molar-refractivity contribution is 6.11. The zero-order valence-corrected chi connectivity index (χ0v) is 12.4. The minimum Gasteiger partial charge on any atom is -0.354 e. The zero-order chi connectivity index (χ0) is 15.1. The summed E-state index contributed by atoms with van der Waals surface area (Å²) in [5, 5.41) is 7.17. The van der Waals surface area contributed by atoms with E-state index in [2.05, 4.69) is 39.9 Å². The quantitative estimate of drug-likeness (QED) is 0.695. The maximum atomic E-state index is 12.0. The van der Waals surface area contributed by atoms with E-state index in [1.54, 1.807) is 0 Å². The average molecular weight is 291 g/mol. The zero-order valence-electron chi connectivity index (χ0n) is 12.4. The topological polar surface area (TPSA) is 56.9 Å². The van der Waals surface area contributed by atoms with Gasteiger partial charge in [-0.3, -0.25) is 4.79 Å². The Labute approximate surface area is 128 Å². The van der Waals surface area contributed by atoms with Crippen molar-refractivity contribution < 1.29 is 4.79 Å². The van der Waals surface area contributed by atoms with Gasteiger partial charge in [0.2, 0.25) is 0 Å². The van der Waals surface area contributed by atoms with E-state index in [1.165, 1.54) is 11.1 Å². The van der Waals surface area contributed by atoms with Crippen LogP contribution >= 0.6 is 0 Å². The molecular weight excluding hydrogens is 274 g/mol. The lowest BCUT2D eigenvalue weighted by atomic mass is 9.98. The van der Waals surface area contributed by atoms with Crippen LogP contribution in [0.2, 0.25) is 0 Å². The van der Waals surface area contributed by atoms with Crippen LogP contribution in [0.3, 0.4) is 0 Å². The van der Waals surface area contributed by atoms with E-state index in [9.17, 15) is 4.79 Å². The lowest BCUT2D eigenvalue weighted by Crippen LogP contribution is -2.26. The second kappa shape index (κ2) is 5.00. The molecular formula is C18H17N3O. The van der Waals surface area contributed by atoms with Crippen LogP contribution in [0.5, 0.6) is 0 Å². The molecule has 0 spiro atoms. The largest absolute Gasteiger partial charge is 0.354 e. The summed E-state index contributed by atoms with van der Waals surface area (Å²) in [6, 6.07) is 14.4. The SMILES string of the molecule is CNCc1ccc(-c2[nH]c3cccc4c3c2CNC4=O)cc1. The first-order valence-electron chi connectivity index (χ1n) is 7.43. The number of carbonyl (C=O) groups is 1. The lowest BCUT2D eigenvalue weighted by Gasteiger charge is -2.14. The van der Waals surface area contributed by atoms with Gasteiger partial charge in [0.15, 0.2) is 0 Å². The molecule has 0 fully saturated rings. The second-order valence-electron chi connectivity index (χ2n) is 5.62. The first kappa shape index (κ1) is 13.1. The summed E-state index contributed by atoms with van der Waals surface area (Å²) in [5.41, 5.74) is 6.45. The van der Waals surface area contributed by atoms with Gasteiger partial charge >= 0.3 is 0 Å². The summed E-state index contributed by atoms with van der Waals surface area (Å²) in [5.74, 6) is 0.00742. The van der Waals surface area contributed by atoms with Gasteiger partial charge < -0.3 is 15.6 Å². The van der Waals surface area contributed by atoms with E-state index in [-0.39, 0.29) is 5.91 Å². The fourth-order valence-electron chi connectivity index (χ4n) is 3.19. The molecule has 2 aromatic carbocycles. The third-order valence-electron chi connectivity index (χ3n) is 4.22. The molecule has 2 heterocycles. The van der Waals surface area contributed by atoms with Gasteiger partial charge in [0, 0.05) is 35.1 Å². The predicted molar refractivity (Wildman–Crippen MR) is 87.7 cm³/mol. The highest BCUT2D eigenvalue weighted by Gasteiger charge is 2.23. The standard InChI is InChI=1S/C18H17N3O/c1-19-9-11-5-7-12(8-6-11)17-14-10-20-18(22)13-3-2-4-15(21-17)16(13)14/h2-8,19,21H,9-10H2,1H3,(H,20,22). The normalized spacial score (nSPS) is 13.4. The number of aromatic amines is 1. The molecule has 0 atom stereocenters. The van der Waals surface area contributed by atoms with Gasteiger partial charge in [0.1, 0.15) is 0 Å². The molecule has 4 heteroatoms. The summed E-state index contributed by atoms with van der Waals surface area (Å²) < 4.78 is 0. The summed E-state index contributed by atoms with van der Waals surface area (Å²) >= 11 is 0. The summed E-state index contributed by atoms with van der Waals surface area (Å²) in [6.45, 7) is 1.43. The van der Waals surface area contributed by atoms with E-state index in [4.69, 9.17) is 0 Å². The smallest absolute Gasteiger partial charge is 0.252 e. The van der Waals surface area contributed by atoms with Crippen LogP contribution in [-0.4, -0.2) is 17.9 Å². The Bertz CT molecular complexity index is 862. The molecule has 4 nitrogen and oxygen atoms in total. The minimum atomic E-state index is 0.00742. The van der Waals surface area contributed by atoms with Gasteiger partial charge in [-0.1, -0.05) is 30.3 Å². The van der Waals surface area contributed by atoms with Crippen molar-refractivity contribution in [3.63, 3.8) is 0 Å². The van der Waals surface area contributed by atoms with Gasteiger partial charge in [-0.05, 0) is 30.3 Å². The first-order chi connectivity index (χ1) is 10.8. The van der Waals surface area contributed by atoms with E-state index in [0.29, 0.717) is 6.54 Å². The molecule has 0 radical (unpaired) electrons. The van der Waals surface area contributed by atoms with Gasteiger partial charge in [0.05, 0.1) is 5.69 Å². The number of amides is 1. The Morgan fingerprint density at radius 2 is 1.95 bits per heavy atom. The number of carbonyl (C=O) groups excluding carboxylic acids is 1. The molecule has 4 rings (SSSR count). The fourth-order valence-corrected chi connectivity index (χ4v) is 3.19. The fraction of sp³-hybridized carbons (Fsp3) is 0.167. The number of aromatic nitrogens is 1. The van der Waals surface area contributed by atoms with Crippen LogP contribution < -0.4 is 10.6 Å². The lowest BCUT2D eigenvalue weighted by molar-refractivity contribution is 0.0949. The molecule has 0 saturated carbocycles. The average Bonchev–Trinajstić information content (AvgIpc) is 2.92. The van der Waals surface area contributed by atoms with Crippen LogP contribution in [-0.2, 0) is 13.1 Å². The molecule has 0 saturated heterocycles. The van der Waals surface area contributed by atoms with Crippen LogP contribution in [0.25, 0.3) is 22.2 Å². The molecule has 0 aliphatic carbocycles. The van der Waals surface area contributed by atoms with E-state index in [1.807, 2.05) is 25.2 Å². The molecule has 1 aromatic heterocycles. The number of rotatable bonds is 3. The molecule has 0 unspecified atom stereocenters. The predicted octanol–water partition coefficient (Wildman–Crippen LogP) is 2.80. The highest BCUT2D eigenvalue weighted by Crippen LogP contribution is 2.34. The third-order valence-corrected chi connectivity index (χ3v) is 4.22. The molecule has 3 N–H and O–H groups in total. The van der Waals surface area contributed by atoms with Crippen molar-refractivity contribution in [2.24, 2.45) is 0 Å². The Balaban J connectivity index is 1.88. The number of hydrogen-bond donors (Lipinski definition) is 3. The van der Waals surface area contributed by atoms with Crippen LogP contribution in [0.1, 0.15) is 21.5 Å². The maximum Gasteiger partial charge on any atom is 0.252 e. The van der Waals surface area contributed by atoms with Crippen molar-refractivity contribution in [3.05, 3.63) is 59.2 Å². The number of benzene rings is 2. The van der Waals surface area contributed by atoms with Gasteiger partial charge in [-0.25, -0.2) is 0 Å². The summed E-state index contributed by atoms with van der Waals surface area (Å²) in [4.78, 5) is 15.5. The number of hydrogen-bond acceptors (Lipinski definition) is 2. The van der Waals surface area contributed by atoms with Crippen molar-refractivity contribution in [1.29, 1.82) is 0 Å². The number of nitrogens with one attached hydrogen (secondary N) is 3. The van der Waals surface area contributed by atoms with Crippen LogP contribution in [0.15, 0.2) is 42.5 Å². The third kappa shape index (κ3) is 1.92. The Morgan fingerprint density at radius 1 is 1.14 bits per heavy atom. The van der Waals surface area contributed by atoms with E-state index >= 15 is 0 Å². The molecule has 0 bridgehead atoms. The van der Waals surface area contributed by atoms with E-state index in [0.717, 1.165) is 34.3 Å². The van der Waals surface area contributed by atoms with Gasteiger partial charge in [-0.2, -0.15) is 0 Å².